The van der Waals surface area contributed by atoms with Gasteiger partial charge >= 0.3 is 0 Å². The Morgan fingerprint density at radius 1 is 1.07 bits per heavy atom. The van der Waals surface area contributed by atoms with Gasteiger partial charge in [-0.05, 0) is 48.2 Å². The van der Waals surface area contributed by atoms with E-state index in [0.29, 0.717) is 6.54 Å². The van der Waals surface area contributed by atoms with Crippen LogP contribution >= 0.6 is 0 Å². The van der Waals surface area contributed by atoms with E-state index in [0.717, 1.165) is 53.5 Å². The second-order valence-corrected chi connectivity index (χ2v) is 6.69. The molecule has 3 aromatic rings. The lowest BCUT2D eigenvalue weighted by atomic mass is 10.1. The Bertz CT molecular complexity index is 919. The summed E-state index contributed by atoms with van der Waals surface area (Å²) in [4.78, 5) is 12.0. The Hall–Kier alpha value is -3.28. The van der Waals surface area contributed by atoms with E-state index in [-0.39, 0.29) is 0 Å². The zero-order chi connectivity index (χ0) is 20.5. The lowest BCUT2D eigenvalue weighted by molar-refractivity contribution is 0.354. The van der Waals surface area contributed by atoms with Gasteiger partial charge in [-0.15, -0.1) is 0 Å². The molecule has 2 aromatic carbocycles. The minimum absolute atomic E-state index is 0.712. The second-order valence-electron chi connectivity index (χ2n) is 6.69. The Kier molecular flexibility index (Phi) is 7.28. The van der Waals surface area contributed by atoms with Gasteiger partial charge in [-0.1, -0.05) is 25.1 Å². The molecule has 0 saturated carbocycles. The number of rotatable bonds is 9. The van der Waals surface area contributed by atoms with Crippen molar-refractivity contribution in [3.05, 3.63) is 60.6 Å². The molecule has 0 aliphatic heterocycles. The summed E-state index contributed by atoms with van der Waals surface area (Å²) in [5.41, 5.74) is 4.32. The highest BCUT2D eigenvalue weighted by Crippen LogP contribution is 2.27. The lowest BCUT2D eigenvalue weighted by Crippen LogP contribution is -2.13. The molecule has 0 radical (unpaired) electrons. The molecule has 0 bridgehead atoms. The molecule has 0 saturated heterocycles. The third-order valence-corrected chi connectivity index (χ3v) is 4.62. The molecule has 0 unspecified atom stereocenters. The van der Waals surface area contributed by atoms with Gasteiger partial charge in [0.15, 0.2) is 11.5 Å². The molecule has 0 aliphatic rings. The molecule has 3 rings (SSSR count). The average molecular weight is 393 g/mol. The van der Waals surface area contributed by atoms with Gasteiger partial charge in [-0.2, -0.15) is 0 Å². The fraction of sp³-hybridized carbons (Fsp3) is 0.304. The number of aromatic amines is 1. The van der Waals surface area contributed by atoms with Crippen LogP contribution in [0.25, 0.3) is 11.3 Å². The first-order valence-electron chi connectivity index (χ1n) is 9.83. The second kappa shape index (κ2) is 10.3. The molecule has 29 heavy (non-hydrogen) atoms. The number of amidine groups is 1. The van der Waals surface area contributed by atoms with Crippen LogP contribution in [0.4, 0.5) is 5.69 Å². The Labute approximate surface area is 172 Å². The summed E-state index contributed by atoms with van der Waals surface area (Å²) in [5.74, 6) is 2.49. The number of imidazole rings is 1. The molecule has 6 heteroatoms. The van der Waals surface area contributed by atoms with Crippen molar-refractivity contribution < 1.29 is 9.47 Å². The highest BCUT2D eigenvalue weighted by molar-refractivity contribution is 5.95. The van der Waals surface area contributed by atoms with E-state index in [1.807, 2.05) is 18.3 Å². The molecule has 1 heterocycles. The van der Waals surface area contributed by atoms with E-state index < -0.39 is 0 Å². The molecule has 0 atom stereocenters. The van der Waals surface area contributed by atoms with Crippen molar-refractivity contribution in [2.24, 2.45) is 4.99 Å². The standard InChI is InChI=1S/C23H28N4O2/c1-4-5-23(25-13-12-17-6-11-21(28-2)22(14-17)29-3)27-19-9-7-18(8-10-19)20-15-24-16-26-20/h6-11,14-16H,4-5,12-13H2,1-3H3,(H,24,26)(H,25,27). The van der Waals surface area contributed by atoms with Crippen LogP contribution in [0.15, 0.2) is 60.0 Å². The third-order valence-electron chi connectivity index (χ3n) is 4.62. The SMILES string of the molecule is CCCC(=NCCc1ccc(OC)c(OC)c1)Nc1ccc(-c2cnc[nH]2)cc1. The summed E-state index contributed by atoms with van der Waals surface area (Å²) < 4.78 is 10.7. The number of aliphatic imine (C=N–C) groups is 1. The van der Waals surface area contributed by atoms with Gasteiger partial charge in [0.1, 0.15) is 5.84 Å². The summed E-state index contributed by atoms with van der Waals surface area (Å²) in [7, 11) is 3.30. The van der Waals surface area contributed by atoms with Crippen LogP contribution in [0.3, 0.4) is 0 Å². The van der Waals surface area contributed by atoms with E-state index in [9.17, 15) is 0 Å². The number of hydrogen-bond donors (Lipinski definition) is 2. The van der Waals surface area contributed by atoms with Gasteiger partial charge in [-0.3, -0.25) is 4.99 Å². The summed E-state index contributed by atoms with van der Waals surface area (Å²) in [6, 6.07) is 14.3. The normalized spacial score (nSPS) is 11.3. The van der Waals surface area contributed by atoms with Crippen molar-refractivity contribution in [1.29, 1.82) is 0 Å². The topological polar surface area (TPSA) is 71.5 Å². The van der Waals surface area contributed by atoms with E-state index in [2.05, 4.69) is 52.5 Å². The minimum Gasteiger partial charge on any atom is -0.493 e. The van der Waals surface area contributed by atoms with E-state index in [1.165, 1.54) is 5.56 Å². The molecule has 0 amide bonds. The molecular weight excluding hydrogens is 364 g/mol. The molecular formula is C23H28N4O2. The molecule has 6 nitrogen and oxygen atoms in total. The Morgan fingerprint density at radius 2 is 1.86 bits per heavy atom. The Morgan fingerprint density at radius 3 is 2.52 bits per heavy atom. The summed E-state index contributed by atoms with van der Waals surface area (Å²) in [6.07, 6.45) is 6.29. The zero-order valence-corrected chi connectivity index (χ0v) is 17.2. The average Bonchev–Trinajstić information content (AvgIpc) is 3.29. The molecule has 152 valence electrons. The Balaban J connectivity index is 1.62. The van der Waals surface area contributed by atoms with Crippen LogP contribution in [-0.4, -0.2) is 36.6 Å². The molecule has 0 spiro atoms. The monoisotopic (exact) mass is 392 g/mol. The van der Waals surface area contributed by atoms with Crippen molar-refractivity contribution in [1.82, 2.24) is 9.97 Å². The fourth-order valence-corrected chi connectivity index (χ4v) is 3.09. The van der Waals surface area contributed by atoms with Gasteiger partial charge in [0.05, 0.1) is 32.4 Å². The van der Waals surface area contributed by atoms with E-state index in [4.69, 9.17) is 14.5 Å². The van der Waals surface area contributed by atoms with Crippen LogP contribution in [0, 0.1) is 0 Å². The van der Waals surface area contributed by atoms with Gasteiger partial charge < -0.3 is 19.8 Å². The van der Waals surface area contributed by atoms with Crippen LogP contribution in [0.5, 0.6) is 11.5 Å². The number of hydrogen-bond acceptors (Lipinski definition) is 4. The summed E-state index contributed by atoms with van der Waals surface area (Å²) >= 11 is 0. The predicted octanol–water partition coefficient (Wildman–Crippen LogP) is 4.95. The van der Waals surface area contributed by atoms with Crippen molar-refractivity contribution in [3.8, 4) is 22.8 Å². The fourth-order valence-electron chi connectivity index (χ4n) is 3.09. The molecule has 2 N–H and O–H groups in total. The molecule has 0 fully saturated rings. The van der Waals surface area contributed by atoms with Crippen molar-refractivity contribution in [2.45, 2.75) is 26.2 Å². The number of nitrogens with one attached hydrogen (secondary N) is 2. The zero-order valence-electron chi connectivity index (χ0n) is 17.2. The van der Waals surface area contributed by atoms with Crippen LogP contribution in [0.1, 0.15) is 25.3 Å². The van der Waals surface area contributed by atoms with Crippen LogP contribution < -0.4 is 14.8 Å². The predicted molar refractivity (Wildman–Crippen MR) is 118 cm³/mol. The minimum atomic E-state index is 0.712. The summed E-state index contributed by atoms with van der Waals surface area (Å²) in [6.45, 7) is 2.87. The van der Waals surface area contributed by atoms with E-state index >= 15 is 0 Å². The number of nitrogens with zero attached hydrogens (tertiary/aromatic N) is 2. The van der Waals surface area contributed by atoms with Crippen LogP contribution in [-0.2, 0) is 6.42 Å². The highest BCUT2D eigenvalue weighted by atomic mass is 16.5. The number of anilines is 1. The van der Waals surface area contributed by atoms with Gasteiger partial charge in [0, 0.05) is 18.7 Å². The summed E-state index contributed by atoms with van der Waals surface area (Å²) in [5, 5.41) is 3.46. The number of methoxy groups -OCH3 is 2. The lowest BCUT2D eigenvalue weighted by Gasteiger charge is -2.11. The van der Waals surface area contributed by atoms with Crippen molar-refractivity contribution in [2.75, 3.05) is 26.1 Å². The molecule has 0 aliphatic carbocycles. The number of H-pyrrole nitrogens is 1. The smallest absolute Gasteiger partial charge is 0.160 e. The largest absolute Gasteiger partial charge is 0.493 e. The van der Waals surface area contributed by atoms with Crippen molar-refractivity contribution in [3.63, 3.8) is 0 Å². The number of aromatic nitrogens is 2. The first kappa shape index (κ1) is 20.5. The first-order valence-corrected chi connectivity index (χ1v) is 9.83. The quantitative estimate of drug-likeness (QED) is 0.399. The first-order chi connectivity index (χ1) is 14.2. The van der Waals surface area contributed by atoms with E-state index in [1.54, 1.807) is 20.5 Å². The maximum atomic E-state index is 5.38. The van der Waals surface area contributed by atoms with Gasteiger partial charge in [-0.25, -0.2) is 4.98 Å². The van der Waals surface area contributed by atoms with Gasteiger partial charge in [0.25, 0.3) is 0 Å². The highest BCUT2D eigenvalue weighted by Gasteiger charge is 2.05. The number of ether oxygens (including phenoxy) is 2. The van der Waals surface area contributed by atoms with Gasteiger partial charge in [0.2, 0.25) is 0 Å². The maximum absolute atomic E-state index is 5.38. The van der Waals surface area contributed by atoms with Crippen molar-refractivity contribution >= 4 is 11.5 Å². The molecule has 1 aromatic heterocycles. The third kappa shape index (κ3) is 5.60. The number of benzene rings is 2. The maximum Gasteiger partial charge on any atom is 0.160 e. The van der Waals surface area contributed by atoms with Crippen LogP contribution in [0.2, 0.25) is 0 Å².